The second-order valence-corrected chi connectivity index (χ2v) is 7.72. The number of nitrogens with two attached hydrogens (primary N) is 1. The third kappa shape index (κ3) is 1.64. The lowest BCUT2D eigenvalue weighted by atomic mass is 9.52. The number of hydrogen-bond donors (Lipinski definition) is 1. The van der Waals surface area contributed by atoms with Gasteiger partial charge in [0, 0.05) is 30.0 Å². The molecule has 5 rings (SSSR count). The Balaban J connectivity index is 1.72. The lowest BCUT2D eigenvalue weighted by molar-refractivity contribution is -0.138. The van der Waals surface area contributed by atoms with E-state index in [1.165, 1.54) is 11.1 Å². The summed E-state index contributed by atoms with van der Waals surface area (Å²) in [5.41, 5.74) is 8.09. The Labute approximate surface area is 142 Å². The van der Waals surface area contributed by atoms with E-state index in [0.717, 1.165) is 37.3 Å². The van der Waals surface area contributed by atoms with Gasteiger partial charge in [-0.05, 0) is 50.4 Å². The summed E-state index contributed by atoms with van der Waals surface area (Å²) in [5, 5.41) is 0. The molecule has 2 aliphatic carbocycles. The second kappa shape index (κ2) is 4.96. The van der Waals surface area contributed by atoms with Crippen molar-refractivity contribution in [3.05, 3.63) is 23.3 Å². The summed E-state index contributed by atoms with van der Waals surface area (Å²) in [4.78, 5) is 15.2. The van der Waals surface area contributed by atoms with Crippen LogP contribution in [0.4, 0.5) is 0 Å². The first-order chi connectivity index (χ1) is 11.7. The van der Waals surface area contributed by atoms with Gasteiger partial charge in [-0.1, -0.05) is 6.07 Å². The van der Waals surface area contributed by atoms with Crippen molar-refractivity contribution in [1.29, 1.82) is 0 Å². The molecule has 5 heteroatoms. The van der Waals surface area contributed by atoms with Gasteiger partial charge in [0.05, 0.1) is 0 Å². The van der Waals surface area contributed by atoms with E-state index in [2.05, 4.69) is 18.0 Å². The number of ketones is 1. The van der Waals surface area contributed by atoms with E-state index < -0.39 is 0 Å². The molecule has 0 radical (unpaired) electrons. The zero-order valence-corrected chi connectivity index (χ0v) is 14.1. The van der Waals surface area contributed by atoms with Gasteiger partial charge in [0.2, 0.25) is 0 Å². The molecule has 4 atom stereocenters. The highest BCUT2D eigenvalue weighted by Crippen LogP contribution is 2.63. The van der Waals surface area contributed by atoms with E-state index in [1.54, 1.807) is 0 Å². The number of carbonyl (C=O) groups is 1. The predicted octanol–water partition coefficient (Wildman–Crippen LogP) is 1.26. The molecular weight excluding hydrogens is 304 g/mol. The second-order valence-electron chi connectivity index (χ2n) is 7.72. The van der Waals surface area contributed by atoms with Crippen LogP contribution in [0.3, 0.4) is 0 Å². The Morgan fingerprint density at radius 2 is 2.33 bits per heavy atom. The average Bonchev–Trinajstić information content (AvgIpc) is 2.94. The van der Waals surface area contributed by atoms with Crippen LogP contribution in [0.5, 0.6) is 11.5 Å². The molecule has 1 saturated heterocycles. The number of rotatable bonds is 3. The van der Waals surface area contributed by atoms with Gasteiger partial charge < -0.3 is 20.1 Å². The molecule has 2 heterocycles. The van der Waals surface area contributed by atoms with Crippen LogP contribution in [0.1, 0.15) is 30.4 Å². The van der Waals surface area contributed by atoms with Gasteiger partial charge in [-0.15, -0.1) is 0 Å². The largest absolute Gasteiger partial charge is 0.488 e. The Morgan fingerprint density at radius 1 is 1.46 bits per heavy atom. The Kier molecular flexibility index (Phi) is 3.04. The molecule has 5 nitrogen and oxygen atoms in total. The van der Waals surface area contributed by atoms with Gasteiger partial charge in [-0.2, -0.15) is 0 Å². The van der Waals surface area contributed by atoms with E-state index in [1.807, 2.05) is 6.07 Å². The van der Waals surface area contributed by atoms with Gasteiger partial charge in [-0.25, -0.2) is 0 Å². The first-order valence-corrected chi connectivity index (χ1v) is 9.05. The maximum Gasteiger partial charge on any atom is 0.174 e. The smallest absolute Gasteiger partial charge is 0.174 e. The lowest BCUT2D eigenvalue weighted by Crippen LogP contribution is -2.65. The van der Waals surface area contributed by atoms with Crippen molar-refractivity contribution in [1.82, 2.24) is 4.90 Å². The topological polar surface area (TPSA) is 64.8 Å². The minimum absolute atomic E-state index is 0.127. The first kappa shape index (κ1) is 14.7. The molecule has 1 aromatic carbocycles. The molecule has 2 fully saturated rings. The van der Waals surface area contributed by atoms with Crippen LogP contribution in [-0.2, 0) is 16.6 Å². The van der Waals surface area contributed by atoms with Crippen molar-refractivity contribution < 1.29 is 14.3 Å². The van der Waals surface area contributed by atoms with Gasteiger partial charge in [0.15, 0.2) is 23.4 Å². The number of Topliss-reactive ketones (excluding diaryl/α,β-unsaturated/α-hetero) is 1. The van der Waals surface area contributed by atoms with Gasteiger partial charge in [-0.3, -0.25) is 4.79 Å². The maximum atomic E-state index is 12.7. The minimum atomic E-state index is -0.316. The van der Waals surface area contributed by atoms with Crippen LogP contribution in [0.25, 0.3) is 0 Å². The number of benzene rings is 1. The van der Waals surface area contributed by atoms with Gasteiger partial charge in [0.25, 0.3) is 0 Å². The summed E-state index contributed by atoms with van der Waals surface area (Å²) in [6.45, 7) is 1.97. The highest BCUT2D eigenvalue weighted by Gasteiger charge is 2.65. The van der Waals surface area contributed by atoms with Gasteiger partial charge in [0.1, 0.15) is 6.61 Å². The SMILES string of the molecule is CN1CC[C@]23c4c5ccc(OCCN)c4O[C@H]2C(=O)CC[C@H]3[C@H]1C5. The minimum Gasteiger partial charge on any atom is -0.488 e. The molecule has 2 aliphatic heterocycles. The van der Waals surface area contributed by atoms with Crippen LogP contribution in [0, 0.1) is 5.92 Å². The van der Waals surface area contributed by atoms with Crippen molar-refractivity contribution in [2.24, 2.45) is 11.7 Å². The van der Waals surface area contributed by atoms with Crippen molar-refractivity contribution in [3.8, 4) is 11.5 Å². The molecule has 1 aromatic rings. The molecule has 0 amide bonds. The molecule has 2 N–H and O–H groups in total. The van der Waals surface area contributed by atoms with E-state index in [-0.39, 0.29) is 17.3 Å². The van der Waals surface area contributed by atoms with E-state index in [4.69, 9.17) is 15.2 Å². The monoisotopic (exact) mass is 328 g/mol. The molecule has 4 aliphatic rings. The van der Waals surface area contributed by atoms with E-state index in [0.29, 0.717) is 31.5 Å². The van der Waals surface area contributed by atoms with E-state index >= 15 is 0 Å². The van der Waals surface area contributed by atoms with Crippen molar-refractivity contribution in [2.45, 2.75) is 43.2 Å². The van der Waals surface area contributed by atoms with E-state index in [9.17, 15) is 4.79 Å². The fraction of sp³-hybridized carbons (Fsp3) is 0.632. The van der Waals surface area contributed by atoms with Crippen LogP contribution in [0.15, 0.2) is 12.1 Å². The summed E-state index contributed by atoms with van der Waals surface area (Å²) in [6, 6.07) is 4.70. The number of nitrogens with zero attached hydrogens (tertiary/aromatic N) is 1. The van der Waals surface area contributed by atoms with Crippen LogP contribution < -0.4 is 15.2 Å². The fourth-order valence-corrected chi connectivity index (χ4v) is 5.79. The van der Waals surface area contributed by atoms with Crippen LogP contribution >= 0.6 is 0 Å². The Bertz CT molecular complexity index is 719. The third-order valence-corrected chi connectivity index (χ3v) is 6.75. The highest BCUT2D eigenvalue weighted by atomic mass is 16.5. The van der Waals surface area contributed by atoms with Crippen molar-refractivity contribution in [3.63, 3.8) is 0 Å². The fourth-order valence-electron chi connectivity index (χ4n) is 5.79. The molecule has 1 spiro atoms. The molecule has 24 heavy (non-hydrogen) atoms. The quantitative estimate of drug-likeness (QED) is 0.905. The number of likely N-dealkylation sites (N-methyl/N-ethyl adjacent to an activating group) is 1. The standard InChI is InChI=1S/C19H24N2O3/c1-21-8-6-19-12-3-4-14(22)18(19)24-17-15(23-9-7-20)5-2-11(16(17)19)10-13(12)21/h2,5,12-13,18H,3-4,6-10,20H2,1H3/t12-,13+,18-,19-/m0/s1. The zero-order chi connectivity index (χ0) is 16.5. The zero-order valence-electron chi connectivity index (χ0n) is 14.1. The average molecular weight is 328 g/mol. The number of ether oxygens (including phenoxy) is 2. The summed E-state index contributed by atoms with van der Waals surface area (Å²) in [5.74, 6) is 2.36. The molecule has 0 aromatic heterocycles. The number of piperidine rings is 1. The van der Waals surface area contributed by atoms with Crippen molar-refractivity contribution in [2.75, 3.05) is 26.7 Å². The number of hydrogen-bond acceptors (Lipinski definition) is 5. The molecule has 1 saturated carbocycles. The molecule has 2 bridgehead atoms. The summed E-state index contributed by atoms with van der Waals surface area (Å²) < 4.78 is 12.2. The Hall–Kier alpha value is -1.59. The number of carbonyl (C=O) groups excluding carboxylic acids is 1. The van der Waals surface area contributed by atoms with Gasteiger partial charge >= 0.3 is 0 Å². The molecule has 0 unspecified atom stereocenters. The third-order valence-electron chi connectivity index (χ3n) is 6.75. The van der Waals surface area contributed by atoms with Crippen LogP contribution in [0.2, 0.25) is 0 Å². The summed E-state index contributed by atoms with van der Waals surface area (Å²) >= 11 is 0. The Morgan fingerprint density at radius 3 is 3.17 bits per heavy atom. The summed E-state index contributed by atoms with van der Waals surface area (Å²) in [6.07, 6.45) is 3.36. The summed E-state index contributed by atoms with van der Waals surface area (Å²) in [7, 11) is 2.23. The lowest BCUT2D eigenvalue weighted by Gasteiger charge is -2.57. The first-order valence-electron chi connectivity index (χ1n) is 9.05. The number of likely N-dealkylation sites (tertiary alicyclic amines) is 1. The predicted molar refractivity (Wildman–Crippen MR) is 89.6 cm³/mol. The van der Waals surface area contributed by atoms with Crippen molar-refractivity contribution >= 4 is 5.78 Å². The maximum absolute atomic E-state index is 12.7. The highest BCUT2D eigenvalue weighted by molar-refractivity contribution is 5.89. The van der Waals surface area contributed by atoms with Crippen LogP contribution in [-0.4, -0.2) is 49.6 Å². The normalized spacial score (nSPS) is 36.2. The molecular formula is C19H24N2O3. The molecule has 128 valence electrons.